The van der Waals surface area contributed by atoms with Crippen molar-refractivity contribution in [3.8, 4) is 33.4 Å². The molecule has 1 aliphatic rings. The predicted octanol–water partition coefficient (Wildman–Crippen LogP) is 16.2. The first-order valence-corrected chi connectivity index (χ1v) is 20.8. The summed E-state index contributed by atoms with van der Waals surface area (Å²) in [5.74, 6) is 0. The van der Waals surface area contributed by atoms with E-state index in [1.807, 2.05) is 23.5 Å². The van der Waals surface area contributed by atoms with Gasteiger partial charge in [0.05, 0.1) is 5.69 Å². The summed E-state index contributed by atoms with van der Waals surface area (Å²) < 4.78 is 8.95. The van der Waals surface area contributed by atoms with Gasteiger partial charge >= 0.3 is 0 Å². The lowest BCUT2D eigenvalue weighted by Gasteiger charge is -2.29. The molecular weight excluding hydrogens is 723 g/mol. The average molecular weight is 760 g/mol. The van der Waals surface area contributed by atoms with E-state index >= 15 is 0 Å². The van der Waals surface area contributed by atoms with Crippen LogP contribution in [0.5, 0.6) is 0 Å². The van der Waals surface area contributed by atoms with Crippen molar-refractivity contribution in [1.82, 2.24) is 0 Å². The molecule has 58 heavy (non-hydrogen) atoms. The molecule has 11 aromatic rings. The Labute approximate surface area is 340 Å². The number of fused-ring (bicyclic) bond motifs is 11. The number of nitrogens with zero attached hydrogens (tertiary/aromatic N) is 1. The van der Waals surface area contributed by atoms with Gasteiger partial charge in [-0.1, -0.05) is 153 Å². The number of para-hydroxylation sites is 1. The largest absolute Gasteiger partial charge is 0.456 e. The fourth-order valence-electron chi connectivity index (χ4n) is 9.60. The van der Waals surface area contributed by atoms with Crippen LogP contribution >= 0.6 is 11.3 Å². The van der Waals surface area contributed by atoms with Gasteiger partial charge in [-0.3, -0.25) is 0 Å². The summed E-state index contributed by atoms with van der Waals surface area (Å²) in [7, 11) is 0. The Kier molecular flexibility index (Phi) is 7.18. The van der Waals surface area contributed by atoms with E-state index < -0.39 is 0 Å². The zero-order valence-electron chi connectivity index (χ0n) is 32.2. The van der Waals surface area contributed by atoms with E-state index in [-0.39, 0.29) is 5.41 Å². The van der Waals surface area contributed by atoms with E-state index in [0.717, 1.165) is 44.4 Å². The normalized spacial score (nSPS) is 13.1. The van der Waals surface area contributed by atoms with Crippen molar-refractivity contribution in [2.75, 3.05) is 4.90 Å². The van der Waals surface area contributed by atoms with Crippen LogP contribution in [0.15, 0.2) is 192 Å². The molecule has 0 atom stereocenters. The highest BCUT2D eigenvalue weighted by Crippen LogP contribution is 2.54. The summed E-state index contributed by atoms with van der Waals surface area (Å²) in [6.07, 6.45) is 0. The monoisotopic (exact) mass is 759 g/mol. The highest BCUT2D eigenvalue weighted by atomic mass is 32.1. The number of benzene rings is 9. The summed E-state index contributed by atoms with van der Waals surface area (Å²) in [4.78, 5) is 2.44. The molecule has 2 heterocycles. The molecule has 1 aliphatic carbocycles. The SMILES string of the molecule is CC1(C)c2ccccc2-c2c(N(c3ccc(-c4ccc5c(c4)oc4ccccc45)cc3)c3ccc(-c4cccc5c4sc4c6ccccc6ccc54)cc3)cccc21. The van der Waals surface area contributed by atoms with Crippen molar-refractivity contribution in [1.29, 1.82) is 0 Å². The Morgan fingerprint density at radius 1 is 0.431 bits per heavy atom. The molecule has 9 aromatic carbocycles. The van der Waals surface area contributed by atoms with E-state index in [2.05, 4.69) is 195 Å². The molecule has 274 valence electrons. The number of hydrogen-bond acceptors (Lipinski definition) is 3. The van der Waals surface area contributed by atoms with Crippen molar-refractivity contribution in [3.63, 3.8) is 0 Å². The van der Waals surface area contributed by atoms with Crippen molar-refractivity contribution in [2.24, 2.45) is 0 Å². The Morgan fingerprint density at radius 2 is 1.03 bits per heavy atom. The maximum Gasteiger partial charge on any atom is 0.136 e. The lowest BCUT2D eigenvalue weighted by molar-refractivity contribution is 0.660. The van der Waals surface area contributed by atoms with Crippen LogP contribution in [0.1, 0.15) is 25.0 Å². The summed E-state index contributed by atoms with van der Waals surface area (Å²) in [5, 5.41) is 7.53. The van der Waals surface area contributed by atoms with Crippen molar-refractivity contribution in [2.45, 2.75) is 19.3 Å². The summed E-state index contributed by atoms with van der Waals surface area (Å²) in [6.45, 7) is 4.71. The predicted molar refractivity (Wildman–Crippen MR) is 247 cm³/mol. The second kappa shape index (κ2) is 12.5. The first kappa shape index (κ1) is 33.2. The smallest absolute Gasteiger partial charge is 0.136 e. The van der Waals surface area contributed by atoms with Crippen LogP contribution in [0, 0.1) is 0 Å². The van der Waals surface area contributed by atoms with Crippen molar-refractivity contribution in [3.05, 3.63) is 199 Å². The fourth-order valence-corrected chi connectivity index (χ4v) is 11.0. The minimum Gasteiger partial charge on any atom is -0.456 e. The molecule has 0 saturated carbocycles. The number of rotatable bonds is 5. The third kappa shape index (κ3) is 4.90. The average Bonchev–Trinajstić information content (AvgIpc) is 3.92. The van der Waals surface area contributed by atoms with Gasteiger partial charge in [0.15, 0.2) is 0 Å². The van der Waals surface area contributed by atoms with Crippen LogP contribution in [0.3, 0.4) is 0 Å². The number of thiophene rings is 1. The molecular formula is C55H37NOS. The quantitative estimate of drug-likeness (QED) is 0.174. The van der Waals surface area contributed by atoms with Gasteiger partial charge in [-0.25, -0.2) is 0 Å². The van der Waals surface area contributed by atoms with E-state index in [9.17, 15) is 0 Å². The van der Waals surface area contributed by atoms with Crippen LogP contribution in [0.25, 0.3) is 86.3 Å². The second-order valence-electron chi connectivity index (χ2n) is 16.1. The molecule has 0 fully saturated rings. The van der Waals surface area contributed by atoms with Gasteiger partial charge in [0.2, 0.25) is 0 Å². The minimum absolute atomic E-state index is 0.106. The Bertz CT molecular complexity index is 3420. The van der Waals surface area contributed by atoms with E-state index in [1.54, 1.807) is 0 Å². The molecule has 3 heteroatoms. The Hall–Kier alpha value is -6.94. The van der Waals surface area contributed by atoms with Crippen molar-refractivity contribution < 1.29 is 4.42 Å². The first-order valence-electron chi connectivity index (χ1n) is 20.0. The fraction of sp³-hybridized carbons (Fsp3) is 0.0545. The summed E-state index contributed by atoms with van der Waals surface area (Å²) in [5.41, 5.74) is 15.2. The van der Waals surface area contributed by atoms with Gasteiger partial charge in [0.25, 0.3) is 0 Å². The van der Waals surface area contributed by atoms with Crippen LogP contribution in [0.4, 0.5) is 17.1 Å². The zero-order valence-corrected chi connectivity index (χ0v) is 33.0. The zero-order chi connectivity index (χ0) is 38.5. The number of hydrogen-bond donors (Lipinski definition) is 0. The Balaban J connectivity index is 0.993. The molecule has 0 spiro atoms. The minimum atomic E-state index is -0.106. The highest BCUT2D eigenvalue weighted by Gasteiger charge is 2.37. The summed E-state index contributed by atoms with van der Waals surface area (Å²) >= 11 is 1.91. The topological polar surface area (TPSA) is 16.4 Å². The standard InChI is InChI=1S/C55H37NOS/c1-55(2)47-17-7-5-14-46(47)52-48(55)18-10-19-49(52)56(38-27-21-34(22-28-38)37-26-31-43-42-13-6-8-20-50(42)57-51(43)33-37)39-29-23-36(24-30-39)41-15-9-16-44-45-32-25-35-11-3-4-12-40(35)54(45)58-53(41)44/h3-33H,1-2H3. The van der Waals surface area contributed by atoms with Gasteiger partial charge in [-0.05, 0) is 98.2 Å². The molecule has 0 radical (unpaired) electrons. The molecule has 0 saturated heterocycles. The molecule has 0 unspecified atom stereocenters. The summed E-state index contributed by atoms with van der Waals surface area (Å²) in [6, 6.07) is 68.8. The molecule has 12 rings (SSSR count). The Morgan fingerprint density at radius 3 is 1.88 bits per heavy atom. The molecule has 0 amide bonds. The van der Waals surface area contributed by atoms with Crippen LogP contribution in [0.2, 0.25) is 0 Å². The molecule has 0 aliphatic heterocycles. The van der Waals surface area contributed by atoms with Gasteiger partial charge in [-0.2, -0.15) is 0 Å². The van der Waals surface area contributed by atoms with E-state index in [0.29, 0.717) is 0 Å². The van der Waals surface area contributed by atoms with Crippen LogP contribution in [-0.2, 0) is 5.41 Å². The molecule has 0 bridgehead atoms. The molecule has 0 N–H and O–H groups in total. The lowest BCUT2D eigenvalue weighted by Crippen LogP contribution is -2.16. The molecule has 2 nitrogen and oxygen atoms in total. The van der Waals surface area contributed by atoms with E-state index in [1.165, 1.54) is 70.0 Å². The maximum absolute atomic E-state index is 6.27. The third-order valence-electron chi connectivity index (χ3n) is 12.5. The van der Waals surface area contributed by atoms with Gasteiger partial charge in [0.1, 0.15) is 11.2 Å². The number of furan rings is 1. The third-order valence-corrected chi connectivity index (χ3v) is 13.8. The van der Waals surface area contributed by atoms with E-state index in [4.69, 9.17) is 4.42 Å². The highest BCUT2D eigenvalue weighted by molar-refractivity contribution is 7.27. The van der Waals surface area contributed by atoms with Crippen LogP contribution < -0.4 is 4.90 Å². The van der Waals surface area contributed by atoms with Gasteiger partial charge in [0, 0.05) is 53.3 Å². The van der Waals surface area contributed by atoms with Crippen LogP contribution in [-0.4, -0.2) is 0 Å². The van der Waals surface area contributed by atoms with Gasteiger partial charge in [-0.15, -0.1) is 11.3 Å². The lowest BCUT2D eigenvalue weighted by atomic mass is 9.82. The van der Waals surface area contributed by atoms with Gasteiger partial charge < -0.3 is 9.32 Å². The number of anilines is 3. The first-order chi connectivity index (χ1) is 28.5. The second-order valence-corrected chi connectivity index (χ2v) is 17.1. The maximum atomic E-state index is 6.27. The molecule has 2 aromatic heterocycles. The van der Waals surface area contributed by atoms with Crippen molar-refractivity contribution >= 4 is 81.3 Å².